The van der Waals surface area contributed by atoms with E-state index in [-0.39, 0.29) is 0 Å². The van der Waals surface area contributed by atoms with E-state index in [1.165, 1.54) is 29.9 Å². The quantitative estimate of drug-likeness (QED) is 0.624. The maximum Gasteiger partial charge on any atom is 0.102 e. The molecule has 0 aromatic heterocycles. The van der Waals surface area contributed by atoms with Gasteiger partial charge in [0.1, 0.15) is 6.20 Å². The third kappa shape index (κ3) is 3.36. The third-order valence-corrected chi connectivity index (χ3v) is 1.83. The number of rotatable bonds is 3. The molecular weight excluding hydrogens is 148 g/mol. The zero-order chi connectivity index (χ0) is 9.40. The van der Waals surface area contributed by atoms with Gasteiger partial charge in [0.2, 0.25) is 0 Å². The van der Waals surface area contributed by atoms with E-state index in [0.29, 0.717) is 0 Å². The molecule has 66 valence electrons. The van der Waals surface area contributed by atoms with Crippen molar-refractivity contribution in [1.82, 2.24) is 0 Å². The highest BCUT2D eigenvalue weighted by molar-refractivity contribution is 5.17. The molecular formula is C10H16N2. The van der Waals surface area contributed by atoms with E-state index in [1.54, 1.807) is 0 Å². The van der Waals surface area contributed by atoms with Crippen LogP contribution in [0.15, 0.2) is 24.0 Å². The first kappa shape index (κ1) is 10.9. The highest BCUT2D eigenvalue weighted by atomic mass is 15.1. The van der Waals surface area contributed by atoms with Gasteiger partial charge in [-0.3, -0.25) is 4.90 Å². The standard InChI is InChI=1S/C9H15N.CN/c1-3-6-10-7-5-9(4-2)8-10;1-2/h5,7-8H,3-4,6H2,1-2H3;/q;-1/p+1. The Hall–Kier alpha value is -1.07. The minimum absolute atomic E-state index is 1.17. The van der Waals surface area contributed by atoms with E-state index < -0.39 is 0 Å². The molecule has 0 aromatic carbocycles. The number of hydrogen-bond donors (Lipinski definition) is 1. The van der Waals surface area contributed by atoms with Crippen molar-refractivity contribution >= 4 is 0 Å². The van der Waals surface area contributed by atoms with Crippen molar-refractivity contribution in [2.75, 3.05) is 6.54 Å². The van der Waals surface area contributed by atoms with Crippen molar-refractivity contribution in [3.63, 3.8) is 0 Å². The van der Waals surface area contributed by atoms with Crippen LogP contribution in [-0.2, 0) is 0 Å². The molecule has 0 bridgehead atoms. The lowest BCUT2D eigenvalue weighted by Crippen LogP contribution is -3.01. The molecule has 0 fully saturated rings. The first-order valence-corrected chi connectivity index (χ1v) is 4.33. The van der Waals surface area contributed by atoms with Gasteiger partial charge in [-0.05, 0) is 12.8 Å². The average molecular weight is 164 g/mol. The van der Waals surface area contributed by atoms with Crippen LogP contribution in [-0.4, -0.2) is 6.54 Å². The summed E-state index contributed by atoms with van der Waals surface area (Å²) in [6.07, 6.45) is 9.20. The van der Waals surface area contributed by atoms with Crippen LogP contribution in [0.2, 0.25) is 0 Å². The largest absolute Gasteiger partial charge is 0.512 e. The van der Waals surface area contributed by atoms with E-state index >= 15 is 0 Å². The van der Waals surface area contributed by atoms with Crippen LogP contribution in [0, 0.1) is 11.8 Å². The van der Waals surface area contributed by atoms with Crippen LogP contribution in [0.3, 0.4) is 0 Å². The molecule has 1 atom stereocenters. The zero-order valence-corrected chi connectivity index (χ0v) is 7.80. The molecule has 1 heterocycles. The van der Waals surface area contributed by atoms with Crippen LogP contribution in [0.4, 0.5) is 0 Å². The van der Waals surface area contributed by atoms with E-state index in [2.05, 4.69) is 32.3 Å². The summed E-state index contributed by atoms with van der Waals surface area (Å²) in [6, 6.07) is 0. The highest BCUT2D eigenvalue weighted by Gasteiger charge is 2.07. The third-order valence-electron chi connectivity index (χ3n) is 1.83. The SMILES string of the molecule is CCC[NH+]1C=CC(CC)=C1.[C-]#N. The second-order valence-corrected chi connectivity index (χ2v) is 2.73. The smallest absolute Gasteiger partial charge is 0.102 e. The van der Waals surface area contributed by atoms with Gasteiger partial charge in [0.25, 0.3) is 0 Å². The van der Waals surface area contributed by atoms with Gasteiger partial charge in [-0.1, -0.05) is 13.8 Å². The van der Waals surface area contributed by atoms with Crippen molar-refractivity contribution in [3.8, 4) is 0 Å². The van der Waals surface area contributed by atoms with Crippen molar-refractivity contribution in [2.45, 2.75) is 26.7 Å². The summed E-state index contributed by atoms with van der Waals surface area (Å²) in [5, 5.41) is 6.25. The zero-order valence-electron chi connectivity index (χ0n) is 7.80. The summed E-state index contributed by atoms with van der Waals surface area (Å²) in [7, 11) is 0. The summed E-state index contributed by atoms with van der Waals surface area (Å²) in [4.78, 5) is 1.50. The molecule has 2 heteroatoms. The fraction of sp³-hybridized carbons (Fsp3) is 0.500. The Balaban J connectivity index is 0.000000561. The van der Waals surface area contributed by atoms with Crippen molar-refractivity contribution < 1.29 is 4.90 Å². The van der Waals surface area contributed by atoms with E-state index in [9.17, 15) is 0 Å². The first-order valence-electron chi connectivity index (χ1n) is 4.33. The molecule has 1 aliphatic rings. The van der Waals surface area contributed by atoms with Crippen LogP contribution in [0.5, 0.6) is 0 Å². The summed E-state index contributed by atoms with van der Waals surface area (Å²) < 4.78 is 0. The fourth-order valence-electron chi connectivity index (χ4n) is 1.21. The van der Waals surface area contributed by atoms with Gasteiger partial charge >= 0.3 is 0 Å². The van der Waals surface area contributed by atoms with Gasteiger partial charge in [0, 0.05) is 11.6 Å². The van der Waals surface area contributed by atoms with Crippen LogP contribution < -0.4 is 4.90 Å². The Morgan fingerprint density at radius 3 is 2.50 bits per heavy atom. The number of hydrogen-bond acceptors (Lipinski definition) is 1. The molecule has 0 aliphatic carbocycles. The number of allylic oxidation sites excluding steroid dienone is 2. The molecule has 1 N–H and O–H groups in total. The molecule has 2 nitrogen and oxygen atoms in total. The van der Waals surface area contributed by atoms with Crippen molar-refractivity contribution in [2.24, 2.45) is 0 Å². The summed E-state index contributed by atoms with van der Waals surface area (Å²) in [5.41, 5.74) is 1.48. The van der Waals surface area contributed by atoms with E-state index in [4.69, 9.17) is 11.8 Å². The average Bonchev–Trinajstić information content (AvgIpc) is 2.57. The summed E-state index contributed by atoms with van der Waals surface area (Å²) >= 11 is 0. The molecule has 0 spiro atoms. The topological polar surface area (TPSA) is 28.2 Å². The van der Waals surface area contributed by atoms with Crippen LogP contribution >= 0.6 is 0 Å². The van der Waals surface area contributed by atoms with Gasteiger partial charge in [0.15, 0.2) is 0 Å². The Morgan fingerprint density at radius 2 is 2.08 bits per heavy atom. The maximum atomic E-state index is 6.25. The Bertz CT molecular complexity index is 189. The predicted molar refractivity (Wildman–Crippen MR) is 48.6 cm³/mol. The van der Waals surface area contributed by atoms with Gasteiger partial charge in [0.05, 0.1) is 12.7 Å². The fourth-order valence-corrected chi connectivity index (χ4v) is 1.21. The monoisotopic (exact) mass is 164 g/mol. The van der Waals surface area contributed by atoms with E-state index in [1.807, 2.05) is 0 Å². The first-order chi connectivity index (χ1) is 5.86. The number of nitrogens with zero attached hydrogens (tertiary/aromatic N) is 1. The molecule has 0 aromatic rings. The minimum atomic E-state index is 1.17. The Morgan fingerprint density at radius 1 is 1.42 bits per heavy atom. The van der Waals surface area contributed by atoms with Gasteiger partial charge < -0.3 is 11.8 Å². The molecule has 12 heavy (non-hydrogen) atoms. The number of quaternary nitrogens is 1. The molecule has 1 aliphatic heterocycles. The summed E-state index contributed by atoms with van der Waals surface area (Å²) in [6.45, 7) is 10.4. The Labute approximate surface area is 74.8 Å². The molecule has 0 amide bonds. The normalized spacial score (nSPS) is 19.7. The lowest BCUT2D eigenvalue weighted by Gasteiger charge is -2.02. The molecule has 0 saturated heterocycles. The minimum Gasteiger partial charge on any atom is -0.512 e. The highest BCUT2D eigenvalue weighted by Crippen LogP contribution is 2.01. The van der Waals surface area contributed by atoms with Gasteiger partial charge in [-0.2, -0.15) is 0 Å². The second kappa shape index (κ2) is 6.63. The predicted octanol–water partition coefficient (Wildman–Crippen LogP) is 1.20. The number of nitrogens with one attached hydrogen (secondary N) is 1. The molecule has 1 rings (SSSR count). The van der Waals surface area contributed by atoms with Crippen LogP contribution in [0.1, 0.15) is 26.7 Å². The van der Waals surface area contributed by atoms with Crippen molar-refractivity contribution in [1.29, 1.82) is 5.26 Å². The second-order valence-electron chi connectivity index (χ2n) is 2.73. The maximum absolute atomic E-state index is 6.25. The van der Waals surface area contributed by atoms with Gasteiger partial charge in [-0.15, -0.1) is 0 Å². The summed E-state index contributed by atoms with van der Waals surface area (Å²) in [5.74, 6) is 0. The van der Waals surface area contributed by atoms with E-state index in [0.717, 1.165) is 0 Å². The van der Waals surface area contributed by atoms with Gasteiger partial charge in [-0.25, -0.2) is 0 Å². The molecule has 0 saturated carbocycles. The lowest BCUT2D eigenvalue weighted by molar-refractivity contribution is -0.787. The van der Waals surface area contributed by atoms with Crippen LogP contribution in [0.25, 0.3) is 0 Å². The lowest BCUT2D eigenvalue weighted by atomic mass is 10.2. The molecule has 0 radical (unpaired) electrons. The van der Waals surface area contributed by atoms with Crippen molar-refractivity contribution in [3.05, 3.63) is 30.6 Å². The Kier molecular flexibility index (Phi) is 6.04. The molecule has 1 unspecified atom stereocenters.